The highest BCUT2D eigenvalue weighted by Crippen LogP contribution is 2.19. The lowest BCUT2D eigenvalue weighted by molar-refractivity contribution is -0.123. The number of nitriles is 1. The van der Waals surface area contributed by atoms with Gasteiger partial charge < -0.3 is 25.6 Å². The van der Waals surface area contributed by atoms with Crippen LogP contribution in [0.2, 0.25) is 0 Å². The Bertz CT molecular complexity index is 1440. The van der Waals surface area contributed by atoms with Crippen LogP contribution in [-0.2, 0) is 22.4 Å². The largest absolute Gasteiger partial charge is 0.475 e. The number of benzene rings is 2. The number of carbonyl (C=O) groups is 3. The Hall–Kier alpha value is -4.86. The molecule has 0 fully saturated rings. The van der Waals surface area contributed by atoms with Crippen molar-refractivity contribution in [3.05, 3.63) is 102 Å². The number of nitrogens with zero attached hydrogens (tertiary/aromatic N) is 4. The quantitative estimate of drug-likeness (QED) is 0.145. The first-order chi connectivity index (χ1) is 20.1. The minimum Gasteiger partial charge on any atom is -0.426 e. The molecule has 0 saturated heterocycles. The molecule has 1 heterocycles. The van der Waals surface area contributed by atoms with Crippen LogP contribution in [0.5, 0.6) is 0 Å². The minimum absolute atomic E-state index is 0.000225. The second-order valence-electron chi connectivity index (χ2n) is 10.0. The SMILES string of the molecule is CC(C)C=C(C#N)C(=O)N(C)c1cccc(C[C@H](NC(=O)c2cnccn2)C(=O)N[C@@H](Cc2ccccc2)B(O)O)c1. The third-order valence-electron chi connectivity index (χ3n) is 6.30. The molecule has 4 N–H and O–H groups in total. The van der Waals surface area contributed by atoms with Crippen LogP contribution >= 0.6 is 0 Å². The Labute approximate surface area is 245 Å². The van der Waals surface area contributed by atoms with E-state index in [1.54, 1.807) is 61.7 Å². The molecule has 2 atom stereocenters. The molecular formula is C30H33BN6O5. The number of nitrogens with one attached hydrogen (secondary N) is 2. The highest BCUT2D eigenvalue weighted by Gasteiger charge is 2.30. The smallest absolute Gasteiger partial charge is 0.426 e. The van der Waals surface area contributed by atoms with Gasteiger partial charge in [-0.15, -0.1) is 0 Å². The van der Waals surface area contributed by atoms with E-state index in [0.29, 0.717) is 11.3 Å². The zero-order chi connectivity index (χ0) is 30.6. The van der Waals surface area contributed by atoms with Gasteiger partial charge in [-0.1, -0.05) is 62.4 Å². The van der Waals surface area contributed by atoms with E-state index in [1.165, 1.54) is 23.5 Å². The molecule has 3 amide bonds. The number of hydrogen-bond acceptors (Lipinski definition) is 8. The van der Waals surface area contributed by atoms with E-state index in [1.807, 2.05) is 26.0 Å². The Balaban J connectivity index is 1.86. The lowest BCUT2D eigenvalue weighted by atomic mass is 9.75. The number of rotatable bonds is 12. The fourth-order valence-electron chi connectivity index (χ4n) is 4.16. The average Bonchev–Trinajstić information content (AvgIpc) is 2.99. The highest BCUT2D eigenvalue weighted by atomic mass is 16.4. The summed E-state index contributed by atoms with van der Waals surface area (Å²) in [5, 5.41) is 34.7. The van der Waals surface area contributed by atoms with Crippen LogP contribution in [0, 0.1) is 17.2 Å². The first-order valence-corrected chi connectivity index (χ1v) is 13.3. The number of aromatic nitrogens is 2. The van der Waals surface area contributed by atoms with Crippen LogP contribution in [0.1, 0.15) is 35.5 Å². The second kappa shape index (κ2) is 15.2. The first-order valence-electron chi connectivity index (χ1n) is 13.3. The molecular weight excluding hydrogens is 535 g/mol. The lowest BCUT2D eigenvalue weighted by Crippen LogP contribution is -2.55. The van der Waals surface area contributed by atoms with Gasteiger partial charge in [0.1, 0.15) is 23.4 Å². The van der Waals surface area contributed by atoms with Gasteiger partial charge >= 0.3 is 7.12 Å². The van der Waals surface area contributed by atoms with Crippen LogP contribution < -0.4 is 15.5 Å². The summed E-state index contributed by atoms with van der Waals surface area (Å²) >= 11 is 0. The Morgan fingerprint density at radius 3 is 2.36 bits per heavy atom. The maximum Gasteiger partial charge on any atom is 0.475 e. The standard InChI is InChI=1S/C30H33BN6O5/c1-20(2)14-23(18-32)30(40)37(3)24-11-7-10-22(15-24)16-25(35-29(39)26-19-33-12-13-34-26)28(38)36-27(31(41)42)17-21-8-5-4-6-9-21/h4-15,19-20,25,27,41-42H,16-17H2,1-3H3,(H,35,39)(H,36,38)/t25-,27-/m0/s1. The Kier molecular flexibility index (Phi) is 11.5. The zero-order valence-electron chi connectivity index (χ0n) is 23.6. The maximum absolute atomic E-state index is 13.5. The van der Waals surface area contributed by atoms with Gasteiger partial charge in [0.05, 0.1) is 12.1 Å². The van der Waals surface area contributed by atoms with Crippen molar-refractivity contribution < 1.29 is 24.4 Å². The molecule has 2 aromatic carbocycles. The van der Waals surface area contributed by atoms with Gasteiger partial charge in [0.15, 0.2) is 0 Å². The summed E-state index contributed by atoms with van der Waals surface area (Å²) < 4.78 is 0. The minimum atomic E-state index is -1.86. The normalized spacial score (nSPS) is 12.5. The van der Waals surface area contributed by atoms with Crippen LogP contribution in [0.15, 0.2) is 84.8 Å². The number of allylic oxidation sites excluding steroid dienone is 1. The van der Waals surface area contributed by atoms with Crippen LogP contribution in [0.3, 0.4) is 0 Å². The molecule has 0 radical (unpaired) electrons. The van der Waals surface area contributed by atoms with Crippen LogP contribution in [-0.4, -0.2) is 63.9 Å². The summed E-state index contributed by atoms with van der Waals surface area (Å²) in [6.07, 6.45) is 5.75. The number of anilines is 1. The van der Waals surface area contributed by atoms with E-state index in [0.717, 1.165) is 5.56 Å². The van der Waals surface area contributed by atoms with Crippen molar-refractivity contribution in [3.8, 4) is 6.07 Å². The molecule has 0 bridgehead atoms. The number of carbonyl (C=O) groups excluding carboxylic acids is 3. The Morgan fingerprint density at radius 2 is 1.74 bits per heavy atom. The summed E-state index contributed by atoms with van der Waals surface area (Å²) in [7, 11) is -0.314. The molecule has 3 aromatic rings. The van der Waals surface area contributed by atoms with Gasteiger partial charge in [0.2, 0.25) is 5.91 Å². The molecule has 42 heavy (non-hydrogen) atoms. The van der Waals surface area contributed by atoms with Crippen molar-refractivity contribution in [2.45, 2.75) is 38.7 Å². The fraction of sp³-hybridized carbons (Fsp3) is 0.267. The molecule has 0 aliphatic carbocycles. The topological polar surface area (TPSA) is 169 Å². The predicted molar refractivity (Wildman–Crippen MR) is 158 cm³/mol. The van der Waals surface area contributed by atoms with Gasteiger partial charge in [-0.3, -0.25) is 19.4 Å². The number of hydrogen-bond donors (Lipinski definition) is 4. The molecule has 0 aliphatic heterocycles. The molecule has 12 heteroatoms. The van der Waals surface area contributed by atoms with Gasteiger partial charge in [-0.25, -0.2) is 4.98 Å². The van der Waals surface area contributed by atoms with Gasteiger partial charge in [0, 0.05) is 31.5 Å². The second-order valence-corrected chi connectivity index (χ2v) is 10.0. The molecule has 0 unspecified atom stereocenters. The maximum atomic E-state index is 13.5. The third kappa shape index (κ3) is 9.09. The Morgan fingerprint density at radius 1 is 1.02 bits per heavy atom. The summed E-state index contributed by atoms with van der Waals surface area (Å²) in [6.45, 7) is 3.73. The van der Waals surface area contributed by atoms with Crippen LogP contribution in [0.4, 0.5) is 5.69 Å². The predicted octanol–water partition coefficient (Wildman–Crippen LogP) is 1.63. The average molecular weight is 568 g/mol. The summed E-state index contributed by atoms with van der Waals surface area (Å²) in [5.74, 6) is -2.82. The lowest BCUT2D eigenvalue weighted by Gasteiger charge is -2.24. The highest BCUT2D eigenvalue weighted by molar-refractivity contribution is 6.43. The van der Waals surface area contributed by atoms with E-state index >= 15 is 0 Å². The molecule has 216 valence electrons. The third-order valence-corrected chi connectivity index (χ3v) is 6.30. The zero-order valence-corrected chi connectivity index (χ0v) is 23.6. The fourth-order valence-corrected chi connectivity index (χ4v) is 4.16. The molecule has 1 aromatic heterocycles. The first kappa shape index (κ1) is 31.7. The summed E-state index contributed by atoms with van der Waals surface area (Å²) in [4.78, 5) is 48.6. The van der Waals surface area contributed by atoms with Gasteiger partial charge in [-0.2, -0.15) is 5.26 Å². The van der Waals surface area contributed by atoms with E-state index in [2.05, 4.69) is 20.6 Å². The number of amides is 3. The van der Waals surface area contributed by atoms with Crippen molar-refractivity contribution >= 4 is 30.5 Å². The van der Waals surface area contributed by atoms with Crippen molar-refractivity contribution in [2.24, 2.45) is 5.92 Å². The van der Waals surface area contributed by atoms with Crippen molar-refractivity contribution in [1.29, 1.82) is 5.26 Å². The van der Waals surface area contributed by atoms with Gasteiger partial charge in [-0.05, 0) is 35.6 Å². The molecule has 11 nitrogen and oxygen atoms in total. The van der Waals surface area contributed by atoms with Crippen molar-refractivity contribution in [1.82, 2.24) is 20.6 Å². The van der Waals surface area contributed by atoms with E-state index in [9.17, 15) is 29.7 Å². The van der Waals surface area contributed by atoms with E-state index in [-0.39, 0.29) is 30.0 Å². The summed E-state index contributed by atoms with van der Waals surface area (Å²) in [6, 6.07) is 16.6. The van der Waals surface area contributed by atoms with Gasteiger partial charge in [0.25, 0.3) is 11.8 Å². The summed E-state index contributed by atoms with van der Waals surface area (Å²) in [5.41, 5.74) is 1.87. The molecule has 0 aliphatic rings. The molecule has 3 rings (SSSR count). The molecule has 0 spiro atoms. The van der Waals surface area contributed by atoms with Crippen LogP contribution in [0.25, 0.3) is 0 Å². The van der Waals surface area contributed by atoms with E-state index in [4.69, 9.17) is 0 Å². The monoisotopic (exact) mass is 568 g/mol. The molecule has 0 saturated carbocycles. The number of likely N-dealkylation sites (N-methyl/N-ethyl adjacent to an activating group) is 1. The van der Waals surface area contributed by atoms with E-state index < -0.39 is 36.8 Å². The van der Waals surface area contributed by atoms with Crippen molar-refractivity contribution in [3.63, 3.8) is 0 Å². The van der Waals surface area contributed by atoms with Crippen molar-refractivity contribution in [2.75, 3.05) is 11.9 Å².